The van der Waals surface area contributed by atoms with Crippen LogP contribution in [-0.2, 0) is 11.2 Å². The molecule has 1 fully saturated rings. The van der Waals surface area contributed by atoms with Crippen LogP contribution in [0.4, 0.5) is 5.82 Å². The first-order valence-corrected chi connectivity index (χ1v) is 6.61. The number of nitrogens with zero attached hydrogens (tertiary/aromatic N) is 4. The highest BCUT2D eigenvalue weighted by molar-refractivity contribution is 5.82. The molecule has 9 nitrogen and oxygen atoms in total. The van der Waals surface area contributed by atoms with Gasteiger partial charge in [-0.25, -0.2) is 15.0 Å². The van der Waals surface area contributed by atoms with E-state index in [1.165, 1.54) is 10.9 Å². The summed E-state index contributed by atoms with van der Waals surface area (Å²) in [5.74, 6) is 3.04. The smallest absolute Gasteiger partial charge is 0.167 e. The Kier molecular flexibility index (Phi) is 3.67. The van der Waals surface area contributed by atoms with Crippen LogP contribution in [0.1, 0.15) is 12.1 Å². The minimum atomic E-state index is -1.26. The van der Waals surface area contributed by atoms with Crippen molar-refractivity contribution in [2.24, 2.45) is 0 Å². The largest absolute Gasteiger partial charge is 0.394 e. The number of hydrogen-bond acceptors (Lipinski definition) is 8. The van der Waals surface area contributed by atoms with Gasteiger partial charge < -0.3 is 25.8 Å². The van der Waals surface area contributed by atoms with Gasteiger partial charge >= 0.3 is 0 Å². The highest BCUT2D eigenvalue weighted by Crippen LogP contribution is 2.33. The Morgan fingerprint density at radius 2 is 2.14 bits per heavy atom. The summed E-state index contributed by atoms with van der Waals surface area (Å²) in [6.07, 6.45) is 2.38. The van der Waals surface area contributed by atoms with Crippen molar-refractivity contribution >= 4 is 17.0 Å². The molecule has 0 amide bonds. The van der Waals surface area contributed by atoms with E-state index in [2.05, 4.69) is 20.9 Å². The normalized spacial score (nSPS) is 28.1. The van der Waals surface area contributed by atoms with Crippen molar-refractivity contribution in [2.75, 3.05) is 12.3 Å². The van der Waals surface area contributed by atoms with E-state index in [4.69, 9.17) is 16.9 Å². The summed E-state index contributed by atoms with van der Waals surface area (Å²) >= 11 is 0. The first-order chi connectivity index (χ1) is 10.6. The predicted octanol–water partition coefficient (Wildman–Crippen LogP) is -1.80. The van der Waals surface area contributed by atoms with Gasteiger partial charge in [0.05, 0.1) is 13.0 Å². The maximum absolute atomic E-state index is 10.2. The number of aromatic nitrogens is 4. The van der Waals surface area contributed by atoms with Gasteiger partial charge in [0.1, 0.15) is 30.5 Å². The molecule has 0 bridgehead atoms. The second-order valence-corrected chi connectivity index (χ2v) is 4.94. The topological polar surface area (TPSA) is 140 Å². The molecule has 22 heavy (non-hydrogen) atoms. The summed E-state index contributed by atoms with van der Waals surface area (Å²) in [7, 11) is 0. The molecule has 0 aromatic carbocycles. The molecule has 116 valence electrons. The number of aliphatic hydroxyl groups is 3. The summed E-state index contributed by atoms with van der Waals surface area (Å²) in [4.78, 5) is 12.3. The summed E-state index contributed by atoms with van der Waals surface area (Å²) in [5, 5.41) is 29.3. The van der Waals surface area contributed by atoms with E-state index in [0.717, 1.165) is 0 Å². The van der Waals surface area contributed by atoms with Crippen molar-refractivity contribution < 1.29 is 20.1 Å². The molecule has 1 saturated heterocycles. The molecule has 9 heteroatoms. The van der Waals surface area contributed by atoms with Gasteiger partial charge in [-0.15, -0.1) is 6.42 Å². The van der Waals surface area contributed by atoms with Crippen LogP contribution in [0, 0.1) is 12.3 Å². The average molecular weight is 305 g/mol. The van der Waals surface area contributed by atoms with Crippen LogP contribution >= 0.6 is 0 Å². The molecule has 1 aliphatic rings. The third kappa shape index (κ3) is 2.10. The van der Waals surface area contributed by atoms with Crippen LogP contribution in [0.15, 0.2) is 6.33 Å². The molecule has 0 spiro atoms. The van der Waals surface area contributed by atoms with Crippen molar-refractivity contribution in [2.45, 2.75) is 31.0 Å². The van der Waals surface area contributed by atoms with Crippen LogP contribution in [0.2, 0.25) is 0 Å². The number of terminal acetylenes is 1. The second-order valence-electron chi connectivity index (χ2n) is 4.94. The van der Waals surface area contributed by atoms with E-state index in [0.29, 0.717) is 17.0 Å². The van der Waals surface area contributed by atoms with Gasteiger partial charge in [0.25, 0.3) is 0 Å². The standard InChI is InChI=1S/C13H15N5O4/c1-2-3-7-17-8-11(14)15-5-16-12(8)18(7)13-10(21)9(20)6(4-19)22-13/h1,5-6,9-10,13,19-21H,3-4H2,(H2,14,15,16)/t6-,9?,10?,13-/m1/s1. The van der Waals surface area contributed by atoms with Crippen molar-refractivity contribution in [3.63, 3.8) is 0 Å². The zero-order valence-electron chi connectivity index (χ0n) is 11.5. The predicted molar refractivity (Wildman–Crippen MR) is 75.3 cm³/mol. The quantitative estimate of drug-likeness (QED) is 0.487. The number of hydrogen-bond donors (Lipinski definition) is 4. The van der Waals surface area contributed by atoms with Crippen molar-refractivity contribution in [3.05, 3.63) is 12.2 Å². The third-order valence-corrected chi connectivity index (χ3v) is 3.61. The third-order valence-electron chi connectivity index (χ3n) is 3.61. The Morgan fingerprint density at radius 3 is 2.77 bits per heavy atom. The van der Waals surface area contributed by atoms with Crippen LogP contribution in [0.25, 0.3) is 11.2 Å². The minimum absolute atomic E-state index is 0.155. The Hall–Kier alpha value is -2.25. The molecular formula is C13H15N5O4. The van der Waals surface area contributed by atoms with Gasteiger partial charge in [-0.2, -0.15) is 0 Å². The molecule has 0 aliphatic carbocycles. The SMILES string of the molecule is C#CCc1nc2c(N)ncnc2n1[C@@H]1O[C@H](CO)C(O)C1O. The Bertz CT molecular complexity index is 740. The number of imidazole rings is 1. The van der Waals surface area contributed by atoms with Gasteiger partial charge in [-0.1, -0.05) is 5.92 Å². The molecule has 5 N–H and O–H groups in total. The van der Waals surface area contributed by atoms with Gasteiger partial charge in [-0.3, -0.25) is 4.57 Å². The Morgan fingerprint density at radius 1 is 1.36 bits per heavy atom. The summed E-state index contributed by atoms with van der Waals surface area (Å²) in [5.41, 5.74) is 6.46. The molecule has 2 aromatic heterocycles. The van der Waals surface area contributed by atoms with Gasteiger partial charge in [-0.05, 0) is 0 Å². The molecule has 4 atom stereocenters. The molecule has 0 radical (unpaired) electrons. The number of rotatable bonds is 3. The number of ether oxygens (including phenoxy) is 1. The summed E-state index contributed by atoms with van der Waals surface area (Å²) in [6, 6.07) is 0. The fourth-order valence-electron chi connectivity index (χ4n) is 2.55. The number of nitrogens with two attached hydrogens (primary N) is 1. The number of fused-ring (bicyclic) bond motifs is 1. The van der Waals surface area contributed by atoms with Crippen LogP contribution in [0.5, 0.6) is 0 Å². The lowest BCUT2D eigenvalue weighted by Crippen LogP contribution is -2.33. The van der Waals surface area contributed by atoms with Crippen molar-refractivity contribution in [3.8, 4) is 12.3 Å². The molecule has 2 unspecified atom stereocenters. The van der Waals surface area contributed by atoms with E-state index in [1.807, 2.05) is 0 Å². The fraction of sp³-hybridized carbons (Fsp3) is 0.462. The zero-order chi connectivity index (χ0) is 15.9. The van der Waals surface area contributed by atoms with E-state index < -0.39 is 31.1 Å². The molecule has 3 rings (SSSR count). The van der Waals surface area contributed by atoms with E-state index in [1.54, 1.807) is 0 Å². The van der Waals surface area contributed by atoms with Gasteiger partial charge in [0, 0.05) is 0 Å². The summed E-state index contributed by atoms with van der Waals surface area (Å²) < 4.78 is 7.00. The van der Waals surface area contributed by atoms with Gasteiger partial charge in [0.15, 0.2) is 23.2 Å². The van der Waals surface area contributed by atoms with Crippen molar-refractivity contribution in [1.29, 1.82) is 0 Å². The van der Waals surface area contributed by atoms with Gasteiger partial charge in [0.2, 0.25) is 0 Å². The first-order valence-electron chi connectivity index (χ1n) is 6.61. The lowest BCUT2D eigenvalue weighted by Gasteiger charge is -2.18. The highest BCUT2D eigenvalue weighted by atomic mass is 16.6. The summed E-state index contributed by atoms with van der Waals surface area (Å²) in [6.45, 7) is -0.428. The molecule has 0 saturated carbocycles. The molecule has 1 aliphatic heterocycles. The Labute approximate surface area is 125 Å². The fourth-order valence-corrected chi connectivity index (χ4v) is 2.55. The van der Waals surface area contributed by atoms with Crippen LogP contribution < -0.4 is 5.73 Å². The number of anilines is 1. The average Bonchev–Trinajstić information content (AvgIpc) is 3.00. The van der Waals surface area contributed by atoms with Crippen LogP contribution in [-0.4, -0.2) is 59.8 Å². The second kappa shape index (κ2) is 5.51. The minimum Gasteiger partial charge on any atom is -0.394 e. The number of aliphatic hydroxyl groups excluding tert-OH is 3. The Balaban J connectivity index is 2.15. The van der Waals surface area contributed by atoms with E-state index in [-0.39, 0.29) is 12.2 Å². The number of nitrogen functional groups attached to an aromatic ring is 1. The van der Waals surface area contributed by atoms with E-state index >= 15 is 0 Å². The highest BCUT2D eigenvalue weighted by Gasteiger charge is 2.44. The molecular weight excluding hydrogens is 290 g/mol. The monoisotopic (exact) mass is 305 g/mol. The molecule has 2 aromatic rings. The first kappa shape index (κ1) is 14.7. The van der Waals surface area contributed by atoms with Crippen LogP contribution in [0.3, 0.4) is 0 Å². The lowest BCUT2D eigenvalue weighted by molar-refractivity contribution is -0.0521. The maximum Gasteiger partial charge on any atom is 0.167 e. The lowest BCUT2D eigenvalue weighted by atomic mass is 10.1. The van der Waals surface area contributed by atoms with Crippen molar-refractivity contribution in [1.82, 2.24) is 19.5 Å². The van der Waals surface area contributed by atoms with E-state index in [9.17, 15) is 15.3 Å². The zero-order valence-corrected chi connectivity index (χ0v) is 11.5. The molecule has 3 heterocycles. The maximum atomic E-state index is 10.2.